The van der Waals surface area contributed by atoms with Crippen LogP contribution in [-0.2, 0) is 0 Å². The number of carbonyl (C=O) groups excluding carboxylic acids is 1. The fraction of sp³-hybridized carbons (Fsp3) is 0.333. The summed E-state index contributed by atoms with van der Waals surface area (Å²) >= 11 is 0. The summed E-state index contributed by atoms with van der Waals surface area (Å²) < 4.78 is 0. The number of carbonyl (C=O) groups is 1. The van der Waals surface area contributed by atoms with Crippen molar-refractivity contribution in [1.82, 2.24) is 14.9 Å². The maximum Gasteiger partial charge on any atom is 0.253 e. The minimum atomic E-state index is 0.0156. The van der Waals surface area contributed by atoms with Crippen LogP contribution in [-0.4, -0.2) is 52.1 Å². The van der Waals surface area contributed by atoms with Gasteiger partial charge in [0.05, 0.1) is 0 Å². The summed E-state index contributed by atoms with van der Waals surface area (Å²) in [5, 5.41) is 10.5. The molecule has 3 aromatic rings. The van der Waals surface area contributed by atoms with Crippen molar-refractivity contribution in [2.24, 2.45) is 5.92 Å². The van der Waals surface area contributed by atoms with Crippen LogP contribution in [0.1, 0.15) is 23.7 Å². The number of aromatic amines is 1. The summed E-state index contributed by atoms with van der Waals surface area (Å²) in [5.41, 5.74) is 2.61. The number of likely N-dealkylation sites (tertiary alicyclic amines) is 1. The molecule has 0 spiro atoms. The number of nitrogens with zero attached hydrogens (tertiary/aromatic N) is 3. The van der Waals surface area contributed by atoms with Crippen LogP contribution in [0.5, 0.6) is 5.75 Å². The molecule has 4 rings (SSSR count). The Morgan fingerprint density at radius 2 is 2.04 bits per heavy atom. The molecule has 140 valence electrons. The maximum absolute atomic E-state index is 12.9. The van der Waals surface area contributed by atoms with Gasteiger partial charge in [0.15, 0.2) is 0 Å². The van der Waals surface area contributed by atoms with Gasteiger partial charge in [-0.3, -0.25) is 4.79 Å². The number of hydrogen-bond acceptors (Lipinski definition) is 4. The predicted octanol–water partition coefficient (Wildman–Crippen LogP) is 3.26. The largest absolute Gasteiger partial charge is 0.508 e. The third-order valence-electron chi connectivity index (χ3n) is 5.63. The minimum Gasteiger partial charge on any atom is -0.508 e. The van der Waals surface area contributed by atoms with Gasteiger partial charge in [-0.15, -0.1) is 0 Å². The Balaban J connectivity index is 1.58. The number of hydrogen-bond donors (Lipinski definition) is 2. The van der Waals surface area contributed by atoms with Gasteiger partial charge in [-0.1, -0.05) is 6.92 Å². The number of piperidine rings is 1. The molecule has 0 aliphatic carbocycles. The van der Waals surface area contributed by atoms with Gasteiger partial charge in [-0.25, -0.2) is 4.98 Å². The summed E-state index contributed by atoms with van der Waals surface area (Å²) in [6.45, 7) is 3.67. The zero-order valence-electron chi connectivity index (χ0n) is 15.6. The monoisotopic (exact) mass is 364 g/mol. The van der Waals surface area contributed by atoms with Gasteiger partial charge in [0.2, 0.25) is 0 Å². The Kier molecular flexibility index (Phi) is 4.48. The zero-order valence-corrected chi connectivity index (χ0v) is 15.6. The lowest BCUT2D eigenvalue weighted by Crippen LogP contribution is -2.52. The number of phenols is 1. The van der Waals surface area contributed by atoms with Gasteiger partial charge in [0, 0.05) is 55.2 Å². The number of rotatable bonds is 3. The molecule has 0 saturated carbocycles. The van der Waals surface area contributed by atoms with E-state index < -0.39 is 0 Å². The molecule has 6 heteroatoms. The first-order chi connectivity index (χ1) is 13.0. The molecule has 2 atom stereocenters. The quantitative estimate of drug-likeness (QED) is 0.748. The number of H-pyrrole nitrogens is 1. The van der Waals surface area contributed by atoms with Gasteiger partial charge < -0.3 is 19.9 Å². The molecule has 1 aliphatic rings. The van der Waals surface area contributed by atoms with Crippen molar-refractivity contribution in [3.63, 3.8) is 0 Å². The number of likely N-dealkylation sites (N-methyl/N-ethyl adjacent to an activating group) is 1. The smallest absolute Gasteiger partial charge is 0.253 e. The molecule has 1 aliphatic heterocycles. The highest BCUT2D eigenvalue weighted by Gasteiger charge is 2.32. The summed E-state index contributed by atoms with van der Waals surface area (Å²) in [7, 11) is 2.09. The fourth-order valence-corrected chi connectivity index (χ4v) is 3.96. The second kappa shape index (κ2) is 6.95. The molecule has 6 nitrogen and oxygen atoms in total. The molecule has 1 amide bonds. The molecule has 2 aromatic heterocycles. The van der Waals surface area contributed by atoms with Crippen molar-refractivity contribution in [3.8, 4) is 5.75 Å². The summed E-state index contributed by atoms with van der Waals surface area (Å²) in [4.78, 5) is 24.6. The van der Waals surface area contributed by atoms with Crippen LogP contribution in [0.3, 0.4) is 0 Å². The van der Waals surface area contributed by atoms with E-state index in [2.05, 4.69) is 28.8 Å². The van der Waals surface area contributed by atoms with E-state index in [0.717, 1.165) is 29.7 Å². The molecule has 1 unspecified atom stereocenters. The molecular weight excluding hydrogens is 340 g/mol. The second-order valence-electron chi connectivity index (χ2n) is 7.31. The Hall–Kier alpha value is -3.02. The first-order valence-corrected chi connectivity index (χ1v) is 9.28. The molecule has 1 saturated heterocycles. The van der Waals surface area contributed by atoms with Crippen molar-refractivity contribution < 1.29 is 9.90 Å². The molecule has 27 heavy (non-hydrogen) atoms. The molecule has 0 bridgehead atoms. The highest BCUT2D eigenvalue weighted by atomic mass is 16.3. The number of phenolic OH excluding ortho intramolecular Hbond substituents is 1. The lowest BCUT2D eigenvalue weighted by molar-refractivity contribution is 0.0670. The fourth-order valence-electron chi connectivity index (χ4n) is 3.96. The third kappa shape index (κ3) is 3.23. The summed E-state index contributed by atoms with van der Waals surface area (Å²) in [6.07, 6.45) is 4.68. The molecule has 1 aromatic carbocycles. The highest BCUT2D eigenvalue weighted by Crippen LogP contribution is 2.30. The van der Waals surface area contributed by atoms with Crippen LogP contribution < -0.4 is 4.90 Å². The van der Waals surface area contributed by atoms with Gasteiger partial charge in [-0.2, -0.15) is 0 Å². The lowest BCUT2D eigenvalue weighted by atomic mass is 9.91. The van der Waals surface area contributed by atoms with Crippen LogP contribution in [0.2, 0.25) is 0 Å². The first-order valence-electron chi connectivity index (χ1n) is 9.28. The molecule has 3 heterocycles. The SMILES string of the molecule is C[C@@H]1CCN(C(=O)c2ccc(O)cc2)CC1N(C)c1ccnc2[nH]ccc12. The van der Waals surface area contributed by atoms with E-state index in [-0.39, 0.29) is 17.7 Å². The Morgan fingerprint density at radius 3 is 2.81 bits per heavy atom. The van der Waals surface area contributed by atoms with Crippen molar-refractivity contribution in [2.45, 2.75) is 19.4 Å². The van der Waals surface area contributed by atoms with Crippen LogP contribution in [0, 0.1) is 5.92 Å². The number of fused-ring (bicyclic) bond motifs is 1. The highest BCUT2D eigenvalue weighted by molar-refractivity contribution is 5.94. The van der Waals surface area contributed by atoms with Gasteiger partial charge in [-0.05, 0) is 48.7 Å². The normalized spacial score (nSPS) is 20.0. The van der Waals surface area contributed by atoms with Crippen LogP contribution >= 0.6 is 0 Å². The Labute approximate surface area is 158 Å². The molecule has 2 N–H and O–H groups in total. The lowest BCUT2D eigenvalue weighted by Gasteiger charge is -2.42. The second-order valence-corrected chi connectivity index (χ2v) is 7.31. The van der Waals surface area contributed by atoms with Crippen molar-refractivity contribution in [1.29, 1.82) is 0 Å². The van der Waals surface area contributed by atoms with Gasteiger partial charge in [0.25, 0.3) is 5.91 Å². The third-order valence-corrected chi connectivity index (χ3v) is 5.63. The van der Waals surface area contributed by atoms with Gasteiger partial charge in [0.1, 0.15) is 11.4 Å². The Bertz CT molecular complexity index is 950. The number of aromatic nitrogens is 2. The number of nitrogens with one attached hydrogen (secondary N) is 1. The zero-order chi connectivity index (χ0) is 19.0. The molecule has 0 radical (unpaired) electrons. The minimum absolute atomic E-state index is 0.0156. The number of anilines is 1. The summed E-state index contributed by atoms with van der Waals surface area (Å²) in [5.74, 6) is 0.660. The topological polar surface area (TPSA) is 72.5 Å². The van der Waals surface area contributed by atoms with Crippen LogP contribution in [0.4, 0.5) is 5.69 Å². The van der Waals surface area contributed by atoms with E-state index in [1.165, 1.54) is 0 Å². The first kappa shape index (κ1) is 17.4. The van der Waals surface area contributed by atoms with Crippen LogP contribution in [0.15, 0.2) is 48.8 Å². The molecular formula is C21H24N4O2. The van der Waals surface area contributed by atoms with E-state index in [1.807, 2.05) is 29.4 Å². The summed E-state index contributed by atoms with van der Waals surface area (Å²) in [6, 6.07) is 10.8. The Morgan fingerprint density at radius 1 is 1.26 bits per heavy atom. The van der Waals surface area contributed by atoms with Gasteiger partial charge >= 0.3 is 0 Å². The van der Waals surface area contributed by atoms with Crippen molar-refractivity contribution in [2.75, 3.05) is 25.0 Å². The standard InChI is InChI=1S/C21H24N4O2/c1-14-9-12-25(21(27)15-3-5-16(26)6-4-15)13-19(14)24(2)18-8-11-23-20-17(18)7-10-22-20/h3-8,10-11,14,19,26H,9,12-13H2,1-2H3,(H,22,23)/t14-,19?/m1/s1. The van der Waals surface area contributed by atoms with E-state index in [9.17, 15) is 9.90 Å². The van der Waals surface area contributed by atoms with E-state index >= 15 is 0 Å². The number of benzene rings is 1. The number of pyridine rings is 1. The van der Waals surface area contributed by atoms with E-state index in [1.54, 1.807) is 24.3 Å². The number of amides is 1. The van der Waals surface area contributed by atoms with Crippen molar-refractivity contribution >= 4 is 22.6 Å². The predicted molar refractivity (Wildman–Crippen MR) is 106 cm³/mol. The molecule has 1 fully saturated rings. The van der Waals surface area contributed by atoms with E-state index in [4.69, 9.17) is 0 Å². The average molecular weight is 364 g/mol. The van der Waals surface area contributed by atoms with E-state index in [0.29, 0.717) is 18.0 Å². The maximum atomic E-state index is 12.9. The van der Waals surface area contributed by atoms with Crippen LogP contribution in [0.25, 0.3) is 11.0 Å². The number of aromatic hydroxyl groups is 1. The van der Waals surface area contributed by atoms with Crippen molar-refractivity contribution in [3.05, 3.63) is 54.4 Å². The average Bonchev–Trinajstić information content (AvgIpc) is 3.17.